The fraction of sp³-hybridized carbons (Fsp3) is 0.692. The molecule has 1 saturated heterocycles. The van der Waals surface area contributed by atoms with Gasteiger partial charge in [0.1, 0.15) is 0 Å². The molecule has 0 aliphatic carbocycles. The van der Waals surface area contributed by atoms with E-state index in [-0.39, 0.29) is 23.5 Å². The first-order valence-corrected chi connectivity index (χ1v) is 9.44. The maximum atomic E-state index is 12.1. The molecule has 0 saturated carbocycles. The molecule has 0 radical (unpaired) electrons. The Bertz CT molecular complexity index is 593. The molecule has 2 rings (SSSR count). The summed E-state index contributed by atoms with van der Waals surface area (Å²) < 4.78 is 22.8. The Kier molecular flexibility index (Phi) is 4.49. The van der Waals surface area contributed by atoms with Gasteiger partial charge in [0.15, 0.2) is 9.84 Å². The lowest BCUT2D eigenvalue weighted by molar-refractivity contribution is -0.124. The highest BCUT2D eigenvalue weighted by Crippen LogP contribution is 2.24. The molecule has 0 aromatic carbocycles. The molecule has 0 spiro atoms. The second-order valence-electron chi connectivity index (χ2n) is 5.60. The summed E-state index contributed by atoms with van der Waals surface area (Å²) in [6.07, 6.45) is 0.426. The normalized spacial score (nSPS) is 22.9. The number of nitrogens with zero attached hydrogens (tertiary/aromatic N) is 1. The summed E-state index contributed by atoms with van der Waals surface area (Å²) in [6.45, 7) is 6.03. The molecule has 5 nitrogen and oxygen atoms in total. The highest BCUT2D eigenvalue weighted by molar-refractivity contribution is 7.91. The SMILES string of the molecule is CC(C)c1nc([C@H](C)NC(=O)[C@@H]2CCS(=O)(=O)C2)cs1. The Morgan fingerprint density at radius 3 is 2.65 bits per heavy atom. The Labute approximate surface area is 123 Å². The molecular formula is C13H20N2O3S2. The summed E-state index contributed by atoms with van der Waals surface area (Å²) in [5, 5.41) is 5.86. The number of rotatable bonds is 4. The van der Waals surface area contributed by atoms with Crippen molar-refractivity contribution in [1.29, 1.82) is 0 Å². The van der Waals surface area contributed by atoms with Gasteiger partial charge < -0.3 is 5.32 Å². The molecule has 2 atom stereocenters. The van der Waals surface area contributed by atoms with E-state index in [4.69, 9.17) is 0 Å². The predicted octanol–water partition coefficient (Wildman–Crippen LogP) is 1.88. The van der Waals surface area contributed by atoms with E-state index in [2.05, 4.69) is 24.1 Å². The van der Waals surface area contributed by atoms with Crippen molar-refractivity contribution in [3.8, 4) is 0 Å². The molecular weight excluding hydrogens is 296 g/mol. The molecule has 0 unspecified atom stereocenters. The van der Waals surface area contributed by atoms with Gasteiger partial charge in [0.2, 0.25) is 5.91 Å². The van der Waals surface area contributed by atoms with Crippen LogP contribution in [0.5, 0.6) is 0 Å². The molecule has 1 N–H and O–H groups in total. The van der Waals surface area contributed by atoms with E-state index in [1.165, 1.54) is 0 Å². The van der Waals surface area contributed by atoms with Gasteiger partial charge >= 0.3 is 0 Å². The monoisotopic (exact) mass is 316 g/mol. The van der Waals surface area contributed by atoms with Gasteiger partial charge in [-0.25, -0.2) is 13.4 Å². The number of sulfone groups is 1. The molecule has 1 aromatic rings. The molecule has 1 aliphatic heterocycles. The lowest BCUT2D eigenvalue weighted by atomic mass is 10.1. The smallest absolute Gasteiger partial charge is 0.224 e. The van der Waals surface area contributed by atoms with Gasteiger partial charge in [-0.15, -0.1) is 11.3 Å². The lowest BCUT2D eigenvalue weighted by Gasteiger charge is -2.14. The van der Waals surface area contributed by atoms with E-state index < -0.39 is 15.8 Å². The number of thiazole rings is 1. The third-order valence-electron chi connectivity index (χ3n) is 3.44. The van der Waals surface area contributed by atoms with Crippen molar-refractivity contribution in [2.75, 3.05) is 11.5 Å². The molecule has 1 aliphatic rings. The van der Waals surface area contributed by atoms with Gasteiger partial charge in [0.25, 0.3) is 0 Å². The fourth-order valence-electron chi connectivity index (χ4n) is 2.17. The first-order valence-electron chi connectivity index (χ1n) is 6.74. The van der Waals surface area contributed by atoms with Crippen LogP contribution in [0.25, 0.3) is 0 Å². The summed E-state index contributed by atoms with van der Waals surface area (Å²) in [4.78, 5) is 16.6. The Balaban J connectivity index is 1.97. The summed E-state index contributed by atoms with van der Waals surface area (Å²) in [5.41, 5.74) is 0.841. The molecule has 112 valence electrons. The number of amides is 1. The van der Waals surface area contributed by atoms with E-state index in [0.717, 1.165) is 10.7 Å². The number of carbonyl (C=O) groups excluding carboxylic acids is 1. The average molecular weight is 316 g/mol. The van der Waals surface area contributed by atoms with Crippen molar-refractivity contribution in [1.82, 2.24) is 10.3 Å². The molecule has 7 heteroatoms. The fourth-order valence-corrected chi connectivity index (χ4v) is 4.84. The van der Waals surface area contributed by atoms with Crippen LogP contribution < -0.4 is 5.32 Å². The van der Waals surface area contributed by atoms with Crippen LogP contribution in [0.4, 0.5) is 0 Å². The van der Waals surface area contributed by atoms with Crippen molar-refractivity contribution >= 4 is 27.1 Å². The largest absolute Gasteiger partial charge is 0.348 e. The predicted molar refractivity (Wildman–Crippen MR) is 79.5 cm³/mol. The Hall–Kier alpha value is -0.950. The van der Waals surface area contributed by atoms with E-state index in [0.29, 0.717) is 12.3 Å². The third kappa shape index (κ3) is 3.58. The van der Waals surface area contributed by atoms with Crippen LogP contribution in [0.2, 0.25) is 0 Å². The number of aromatic nitrogens is 1. The van der Waals surface area contributed by atoms with Gasteiger partial charge in [-0.3, -0.25) is 4.79 Å². The minimum Gasteiger partial charge on any atom is -0.348 e. The van der Waals surface area contributed by atoms with Crippen LogP contribution in [-0.2, 0) is 14.6 Å². The molecule has 1 amide bonds. The standard InChI is InChI=1S/C13H20N2O3S2/c1-8(2)13-15-11(6-19-13)9(3)14-12(16)10-4-5-20(17,18)7-10/h6,8-10H,4-5,7H2,1-3H3,(H,14,16)/t9-,10+/m0/s1. The highest BCUT2D eigenvalue weighted by Gasteiger charge is 2.33. The summed E-state index contributed by atoms with van der Waals surface area (Å²) in [5.74, 6) is -0.131. The first-order chi connectivity index (χ1) is 9.28. The van der Waals surface area contributed by atoms with Crippen LogP contribution >= 0.6 is 11.3 Å². The zero-order valence-corrected chi connectivity index (χ0v) is 13.6. The van der Waals surface area contributed by atoms with Crippen LogP contribution in [0.3, 0.4) is 0 Å². The van der Waals surface area contributed by atoms with Crippen molar-refractivity contribution < 1.29 is 13.2 Å². The Morgan fingerprint density at radius 2 is 2.15 bits per heavy atom. The van der Waals surface area contributed by atoms with E-state index >= 15 is 0 Å². The minimum atomic E-state index is -3.02. The van der Waals surface area contributed by atoms with E-state index in [9.17, 15) is 13.2 Å². The topological polar surface area (TPSA) is 76.1 Å². The number of hydrogen-bond acceptors (Lipinski definition) is 5. The summed E-state index contributed by atoms with van der Waals surface area (Å²) in [6, 6.07) is -0.186. The van der Waals surface area contributed by atoms with Gasteiger partial charge in [0.05, 0.1) is 34.2 Å². The van der Waals surface area contributed by atoms with Crippen molar-refractivity contribution in [3.05, 3.63) is 16.1 Å². The second kappa shape index (κ2) is 5.81. The van der Waals surface area contributed by atoms with Gasteiger partial charge in [-0.1, -0.05) is 13.8 Å². The number of carbonyl (C=O) groups is 1. The zero-order chi connectivity index (χ0) is 14.9. The number of nitrogens with one attached hydrogen (secondary N) is 1. The summed E-state index contributed by atoms with van der Waals surface area (Å²) >= 11 is 1.59. The zero-order valence-electron chi connectivity index (χ0n) is 11.9. The van der Waals surface area contributed by atoms with Crippen molar-refractivity contribution in [3.63, 3.8) is 0 Å². The quantitative estimate of drug-likeness (QED) is 0.920. The number of hydrogen-bond donors (Lipinski definition) is 1. The highest BCUT2D eigenvalue weighted by atomic mass is 32.2. The molecule has 1 aromatic heterocycles. The second-order valence-corrected chi connectivity index (χ2v) is 8.71. The molecule has 0 bridgehead atoms. The van der Waals surface area contributed by atoms with Gasteiger partial charge in [-0.2, -0.15) is 0 Å². The summed E-state index contributed by atoms with van der Waals surface area (Å²) in [7, 11) is -3.02. The van der Waals surface area contributed by atoms with Crippen LogP contribution in [0.1, 0.15) is 49.9 Å². The first kappa shape index (κ1) is 15.4. The van der Waals surface area contributed by atoms with Crippen LogP contribution in [0, 0.1) is 5.92 Å². The van der Waals surface area contributed by atoms with Gasteiger partial charge in [0, 0.05) is 11.3 Å². The molecule has 1 fully saturated rings. The molecule has 2 heterocycles. The van der Waals surface area contributed by atoms with Crippen molar-refractivity contribution in [2.24, 2.45) is 5.92 Å². The van der Waals surface area contributed by atoms with Gasteiger partial charge in [-0.05, 0) is 13.3 Å². The Morgan fingerprint density at radius 1 is 1.45 bits per heavy atom. The maximum Gasteiger partial charge on any atom is 0.224 e. The van der Waals surface area contributed by atoms with Crippen LogP contribution in [-0.4, -0.2) is 30.8 Å². The maximum absolute atomic E-state index is 12.1. The van der Waals surface area contributed by atoms with Crippen LogP contribution in [0.15, 0.2) is 5.38 Å². The third-order valence-corrected chi connectivity index (χ3v) is 6.37. The van der Waals surface area contributed by atoms with E-state index in [1.807, 2.05) is 12.3 Å². The van der Waals surface area contributed by atoms with E-state index in [1.54, 1.807) is 11.3 Å². The minimum absolute atomic E-state index is 0.0279. The van der Waals surface area contributed by atoms with Crippen molar-refractivity contribution in [2.45, 2.75) is 39.2 Å². The molecule has 20 heavy (non-hydrogen) atoms. The lowest BCUT2D eigenvalue weighted by Crippen LogP contribution is -2.33. The average Bonchev–Trinajstić information content (AvgIpc) is 2.95.